The van der Waals surface area contributed by atoms with Crippen molar-refractivity contribution < 1.29 is 18.3 Å². The van der Waals surface area contributed by atoms with Gasteiger partial charge in [0.15, 0.2) is 9.84 Å². The van der Waals surface area contributed by atoms with E-state index in [-0.39, 0.29) is 6.61 Å². The molecule has 0 aliphatic heterocycles. The molecule has 5 nitrogen and oxygen atoms in total. The van der Waals surface area contributed by atoms with Gasteiger partial charge in [-0.15, -0.1) is 0 Å². The molecule has 1 aromatic carbocycles. The summed E-state index contributed by atoms with van der Waals surface area (Å²) in [6, 6.07) is 4.68. The number of sulfone groups is 1. The number of amides is 1. The summed E-state index contributed by atoms with van der Waals surface area (Å²) < 4.78 is 22.8. The second-order valence-electron chi connectivity index (χ2n) is 4.43. The summed E-state index contributed by atoms with van der Waals surface area (Å²) >= 11 is 5.88. The number of aliphatic hydroxyl groups is 1. The molecular weight excluding hydrogens is 314 g/mol. The minimum absolute atomic E-state index is 0.0691. The van der Waals surface area contributed by atoms with Crippen LogP contribution in [-0.4, -0.2) is 37.5 Å². The highest BCUT2D eigenvalue weighted by Gasteiger charge is 2.24. The number of carbonyl (C=O) groups excluding carboxylic acids is 1. The molecule has 2 N–H and O–H groups in total. The van der Waals surface area contributed by atoms with E-state index in [1.54, 1.807) is 18.2 Å². The first-order valence-corrected chi connectivity index (χ1v) is 8.48. The number of benzene rings is 1. The number of halogens is 1. The van der Waals surface area contributed by atoms with E-state index in [0.717, 1.165) is 6.26 Å². The van der Waals surface area contributed by atoms with Crippen molar-refractivity contribution in [3.05, 3.63) is 28.8 Å². The monoisotopic (exact) mass is 329 g/mol. The van der Waals surface area contributed by atoms with Crippen LogP contribution in [0.25, 0.3) is 0 Å². The quantitative estimate of drug-likeness (QED) is 0.819. The van der Waals surface area contributed by atoms with E-state index in [1.807, 2.05) is 0 Å². The fraction of sp³-hybridized carbons (Fsp3) is 0.357. The average molecular weight is 330 g/mol. The number of aliphatic hydroxyl groups excluding tert-OH is 1. The molecule has 1 amide bonds. The van der Waals surface area contributed by atoms with Crippen molar-refractivity contribution in [2.24, 2.45) is 0 Å². The molecule has 114 valence electrons. The summed E-state index contributed by atoms with van der Waals surface area (Å²) in [6.45, 7) is 1.25. The molecule has 0 heterocycles. The molecule has 1 unspecified atom stereocenters. The van der Waals surface area contributed by atoms with Crippen molar-refractivity contribution in [2.75, 3.05) is 18.2 Å². The summed E-state index contributed by atoms with van der Waals surface area (Å²) in [7, 11) is -3.47. The van der Waals surface area contributed by atoms with Crippen LogP contribution in [0.3, 0.4) is 0 Å². The van der Waals surface area contributed by atoms with Crippen LogP contribution >= 0.6 is 11.6 Å². The van der Waals surface area contributed by atoms with Crippen molar-refractivity contribution in [1.29, 1.82) is 0 Å². The van der Waals surface area contributed by atoms with Gasteiger partial charge in [0.1, 0.15) is 5.25 Å². The van der Waals surface area contributed by atoms with Gasteiger partial charge >= 0.3 is 0 Å². The zero-order chi connectivity index (χ0) is 16.0. The molecule has 0 saturated heterocycles. The second kappa shape index (κ2) is 7.46. The fourth-order valence-corrected chi connectivity index (χ4v) is 1.99. The predicted octanol–water partition coefficient (Wildman–Crippen LogP) is 1.45. The molecule has 0 bridgehead atoms. The number of carbonyl (C=O) groups is 1. The molecular formula is C14H16ClNO4S. The van der Waals surface area contributed by atoms with E-state index in [2.05, 4.69) is 17.2 Å². The Morgan fingerprint density at radius 2 is 2.14 bits per heavy atom. The Morgan fingerprint density at radius 3 is 2.71 bits per heavy atom. The Balaban J connectivity index is 3.04. The maximum atomic E-state index is 11.9. The van der Waals surface area contributed by atoms with Crippen LogP contribution in [0.4, 0.5) is 5.69 Å². The lowest BCUT2D eigenvalue weighted by Crippen LogP contribution is -2.32. The summed E-state index contributed by atoms with van der Waals surface area (Å²) in [5.74, 6) is 4.87. The lowest BCUT2D eigenvalue weighted by atomic mass is 10.1. The molecule has 0 spiro atoms. The third-order valence-electron chi connectivity index (χ3n) is 2.71. The minimum Gasteiger partial charge on any atom is -0.395 e. The van der Waals surface area contributed by atoms with Gasteiger partial charge in [-0.05, 0) is 25.1 Å². The zero-order valence-electron chi connectivity index (χ0n) is 11.7. The molecule has 7 heteroatoms. The highest BCUT2D eigenvalue weighted by Crippen LogP contribution is 2.20. The van der Waals surface area contributed by atoms with E-state index >= 15 is 0 Å². The van der Waals surface area contributed by atoms with Crippen LogP contribution in [0.2, 0.25) is 5.02 Å². The normalized spacial score (nSPS) is 12.2. The van der Waals surface area contributed by atoms with E-state index in [1.165, 1.54) is 6.92 Å². The van der Waals surface area contributed by atoms with Gasteiger partial charge < -0.3 is 10.4 Å². The number of hydrogen-bond acceptors (Lipinski definition) is 4. The van der Waals surface area contributed by atoms with Gasteiger partial charge in [-0.2, -0.15) is 0 Å². The molecule has 1 atom stereocenters. The van der Waals surface area contributed by atoms with E-state index in [4.69, 9.17) is 16.7 Å². The van der Waals surface area contributed by atoms with Crippen LogP contribution in [0.1, 0.15) is 18.9 Å². The SMILES string of the molecule is CC(C(=O)Nc1ccc(Cl)cc1C#CCCO)S(C)(=O)=O. The number of hydrogen-bond donors (Lipinski definition) is 2. The zero-order valence-corrected chi connectivity index (χ0v) is 13.3. The highest BCUT2D eigenvalue weighted by atomic mass is 35.5. The van der Waals surface area contributed by atoms with Crippen LogP contribution in [-0.2, 0) is 14.6 Å². The molecule has 0 radical (unpaired) electrons. The average Bonchev–Trinajstić information content (AvgIpc) is 2.40. The number of nitrogens with one attached hydrogen (secondary N) is 1. The third kappa shape index (κ3) is 5.38. The van der Waals surface area contributed by atoms with Crippen LogP contribution in [0.15, 0.2) is 18.2 Å². The molecule has 1 aromatic rings. The first-order chi connectivity index (χ1) is 9.75. The Bertz CT molecular complexity index is 689. The first kappa shape index (κ1) is 17.5. The Kier molecular flexibility index (Phi) is 6.21. The first-order valence-electron chi connectivity index (χ1n) is 6.14. The molecule has 0 saturated carbocycles. The molecule has 0 aliphatic carbocycles. The summed E-state index contributed by atoms with van der Waals surface area (Å²) in [6.07, 6.45) is 1.29. The largest absolute Gasteiger partial charge is 0.395 e. The molecule has 0 fully saturated rings. The van der Waals surface area contributed by atoms with E-state index < -0.39 is 21.0 Å². The van der Waals surface area contributed by atoms with Crippen LogP contribution in [0, 0.1) is 11.8 Å². The summed E-state index contributed by atoms with van der Waals surface area (Å²) in [5, 5.41) is 10.5. The van der Waals surface area contributed by atoms with Gasteiger partial charge in [-0.25, -0.2) is 8.42 Å². The van der Waals surface area contributed by atoms with Gasteiger partial charge in [-0.1, -0.05) is 23.4 Å². The Morgan fingerprint density at radius 1 is 1.48 bits per heavy atom. The van der Waals surface area contributed by atoms with Gasteiger partial charge in [0.05, 0.1) is 12.3 Å². The van der Waals surface area contributed by atoms with Gasteiger partial charge in [-0.3, -0.25) is 4.79 Å². The van der Waals surface area contributed by atoms with Crippen molar-refractivity contribution >= 4 is 33.0 Å². The standard InChI is InChI=1S/C14H16ClNO4S/c1-10(21(2,19)20)14(18)16-13-7-6-12(15)9-11(13)5-3-4-8-17/h6-7,9-10,17H,4,8H2,1-2H3,(H,16,18). The Labute approximate surface area is 129 Å². The molecule has 0 aromatic heterocycles. The predicted molar refractivity (Wildman–Crippen MR) is 83.0 cm³/mol. The lowest BCUT2D eigenvalue weighted by Gasteiger charge is -2.12. The second-order valence-corrected chi connectivity index (χ2v) is 7.23. The number of anilines is 1. The number of rotatable bonds is 4. The summed E-state index contributed by atoms with van der Waals surface area (Å²) in [4.78, 5) is 11.9. The summed E-state index contributed by atoms with van der Waals surface area (Å²) in [5.41, 5.74) is 0.843. The third-order valence-corrected chi connectivity index (χ3v) is 4.44. The van der Waals surface area contributed by atoms with Crippen molar-refractivity contribution in [2.45, 2.75) is 18.6 Å². The van der Waals surface area contributed by atoms with E-state index in [9.17, 15) is 13.2 Å². The van der Waals surface area contributed by atoms with Crippen molar-refractivity contribution in [1.82, 2.24) is 0 Å². The van der Waals surface area contributed by atoms with Gasteiger partial charge in [0, 0.05) is 23.3 Å². The highest BCUT2D eigenvalue weighted by molar-refractivity contribution is 7.92. The lowest BCUT2D eigenvalue weighted by molar-refractivity contribution is -0.115. The Hall–Kier alpha value is -1.55. The maximum Gasteiger partial charge on any atom is 0.242 e. The van der Waals surface area contributed by atoms with Crippen molar-refractivity contribution in [3.63, 3.8) is 0 Å². The van der Waals surface area contributed by atoms with Crippen molar-refractivity contribution in [3.8, 4) is 11.8 Å². The maximum absolute atomic E-state index is 11.9. The smallest absolute Gasteiger partial charge is 0.242 e. The topological polar surface area (TPSA) is 83.5 Å². The fourth-order valence-electron chi connectivity index (χ4n) is 1.37. The minimum atomic E-state index is -3.47. The van der Waals surface area contributed by atoms with Gasteiger partial charge in [0.25, 0.3) is 0 Å². The van der Waals surface area contributed by atoms with Crippen LogP contribution in [0.5, 0.6) is 0 Å². The van der Waals surface area contributed by atoms with Crippen LogP contribution < -0.4 is 5.32 Å². The van der Waals surface area contributed by atoms with E-state index in [0.29, 0.717) is 22.7 Å². The molecule has 0 aliphatic rings. The molecule has 21 heavy (non-hydrogen) atoms. The van der Waals surface area contributed by atoms with Gasteiger partial charge in [0.2, 0.25) is 5.91 Å². The molecule has 1 rings (SSSR count).